The lowest BCUT2D eigenvalue weighted by Crippen LogP contribution is -2.22. The molecule has 1 aromatic rings. The minimum absolute atomic E-state index is 0.427. The van der Waals surface area contributed by atoms with E-state index in [2.05, 4.69) is 12.2 Å². The van der Waals surface area contributed by atoms with E-state index in [9.17, 15) is 9.59 Å². The van der Waals surface area contributed by atoms with E-state index < -0.39 is 12.2 Å². The van der Waals surface area contributed by atoms with Crippen LogP contribution in [0.15, 0.2) is 24.3 Å². The Bertz CT molecular complexity index is 427. The highest BCUT2D eigenvalue weighted by atomic mass is 32.2. The minimum Gasteiger partial charge on any atom is -0.465 e. The van der Waals surface area contributed by atoms with Gasteiger partial charge >= 0.3 is 12.2 Å². The van der Waals surface area contributed by atoms with E-state index in [0.29, 0.717) is 5.75 Å². The number of ether oxygens (including phenoxy) is 1. The molecule has 0 aliphatic carbocycles. The second kappa shape index (κ2) is 11.0. The van der Waals surface area contributed by atoms with Crippen LogP contribution in [0, 0.1) is 0 Å². The molecule has 1 rings (SSSR count). The van der Waals surface area contributed by atoms with Crippen molar-refractivity contribution in [2.24, 2.45) is 0 Å². The van der Waals surface area contributed by atoms with Crippen molar-refractivity contribution in [3.8, 4) is 5.75 Å². The van der Waals surface area contributed by atoms with E-state index in [1.165, 1.54) is 7.05 Å². The highest BCUT2D eigenvalue weighted by Crippen LogP contribution is 2.22. The van der Waals surface area contributed by atoms with E-state index >= 15 is 0 Å². The van der Waals surface area contributed by atoms with Gasteiger partial charge in [0.1, 0.15) is 5.75 Å². The summed E-state index contributed by atoms with van der Waals surface area (Å²) in [6.45, 7) is 2.10. The van der Waals surface area contributed by atoms with Gasteiger partial charge in [0.05, 0.1) is 0 Å². The summed E-state index contributed by atoms with van der Waals surface area (Å²) >= 11 is 1.80. The molecule has 0 saturated carbocycles. The number of carbonyl (C=O) groups excluding carboxylic acids is 1. The standard InChI is InChI=1S/C11H15NO2S.C2H5NO2/c1-3-15-8-9-6-4-5-7-10(9)14-11(13)12-2;1-3-2(4)5/h4-7H,3,8H2,1-2H3,(H,12,13);3H,1H3,(H,4,5). The lowest BCUT2D eigenvalue weighted by atomic mass is 10.2. The van der Waals surface area contributed by atoms with Gasteiger partial charge in [-0.25, -0.2) is 9.59 Å². The number of nitrogens with one attached hydrogen (secondary N) is 2. The van der Waals surface area contributed by atoms with Crippen molar-refractivity contribution in [2.75, 3.05) is 19.8 Å². The van der Waals surface area contributed by atoms with Gasteiger partial charge in [-0.15, -0.1) is 0 Å². The van der Waals surface area contributed by atoms with Gasteiger partial charge in [0.2, 0.25) is 0 Å². The number of thioether (sulfide) groups is 1. The normalized spacial score (nSPS) is 8.95. The van der Waals surface area contributed by atoms with Crippen molar-refractivity contribution in [2.45, 2.75) is 12.7 Å². The fourth-order valence-corrected chi connectivity index (χ4v) is 1.75. The molecule has 0 bridgehead atoms. The van der Waals surface area contributed by atoms with Crippen LogP contribution in [0.2, 0.25) is 0 Å². The smallest absolute Gasteiger partial charge is 0.412 e. The molecule has 0 spiro atoms. The van der Waals surface area contributed by atoms with Gasteiger partial charge < -0.3 is 20.5 Å². The second-order valence-electron chi connectivity index (χ2n) is 3.44. The molecule has 0 unspecified atom stereocenters. The maximum atomic E-state index is 11.1. The first-order chi connectivity index (χ1) is 9.54. The summed E-state index contributed by atoms with van der Waals surface area (Å²) in [6, 6.07) is 7.59. The zero-order valence-corrected chi connectivity index (χ0v) is 12.6. The zero-order valence-electron chi connectivity index (χ0n) is 11.8. The van der Waals surface area contributed by atoms with Gasteiger partial charge in [-0.1, -0.05) is 25.1 Å². The third kappa shape index (κ3) is 8.25. The molecule has 0 aliphatic rings. The van der Waals surface area contributed by atoms with Gasteiger partial charge in [0.25, 0.3) is 0 Å². The van der Waals surface area contributed by atoms with Crippen LogP contribution in [0.5, 0.6) is 5.75 Å². The molecule has 2 amide bonds. The topological polar surface area (TPSA) is 87.7 Å². The van der Waals surface area contributed by atoms with Gasteiger partial charge in [-0.2, -0.15) is 11.8 Å². The van der Waals surface area contributed by atoms with Crippen LogP contribution in [0.4, 0.5) is 9.59 Å². The summed E-state index contributed by atoms with van der Waals surface area (Å²) in [6.07, 6.45) is -1.42. The Kier molecular flexibility index (Phi) is 9.94. The Balaban J connectivity index is 0.000000621. The molecule has 3 N–H and O–H groups in total. The summed E-state index contributed by atoms with van der Waals surface area (Å²) in [7, 11) is 2.90. The van der Waals surface area contributed by atoms with Crippen molar-refractivity contribution < 1.29 is 19.4 Å². The number of carbonyl (C=O) groups is 2. The van der Waals surface area contributed by atoms with Crippen LogP contribution < -0.4 is 15.4 Å². The predicted molar refractivity (Wildman–Crippen MR) is 80.4 cm³/mol. The summed E-state index contributed by atoms with van der Waals surface area (Å²) in [4.78, 5) is 20.3. The van der Waals surface area contributed by atoms with E-state index in [4.69, 9.17) is 9.84 Å². The van der Waals surface area contributed by atoms with E-state index in [1.807, 2.05) is 23.5 Å². The Morgan fingerprint density at radius 1 is 1.25 bits per heavy atom. The SMILES string of the molecule is CCSCc1ccccc1OC(=O)NC.CNC(=O)O. The van der Waals surface area contributed by atoms with Gasteiger partial charge in [-0.05, 0) is 11.8 Å². The van der Waals surface area contributed by atoms with Gasteiger partial charge in [0, 0.05) is 25.4 Å². The lowest BCUT2D eigenvalue weighted by Gasteiger charge is -2.08. The Morgan fingerprint density at radius 2 is 1.85 bits per heavy atom. The van der Waals surface area contributed by atoms with E-state index in [0.717, 1.165) is 17.1 Å². The fourth-order valence-electron chi connectivity index (χ4n) is 1.09. The Hall–Kier alpha value is -1.89. The quantitative estimate of drug-likeness (QED) is 0.795. The number of amides is 2. The number of carboxylic acid groups (broad SMARTS) is 1. The van der Waals surface area contributed by atoms with Crippen LogP contribution in [-0.4, -0.2) is 37.1 Å². The monoisotopic (exact) mass is 300 g/mol. The average molecular weight is 300 g/mol. The molecular formula is C13H20N2O4S. The summed E-state index contributed by atoms with van der Waals surface area (Å²) in [5.74, 6) is 2.55. The number of hydrogen-bond acceptors (Lipinski definition) is 4. The van der Waals surface area contributed by atoms with Gasteiger partial charge in [-0.3, -0.25) is 0 Å². The molecule has 0 fully saturated rings. The first kappa shape index (κ1) is 18.1. The van der Waals surface area contributed by atoms with E-state index in [1.54, 1.807) is 24.9 Å². The first-order valence-corrected chi connectivity index (χ1v) is 7.16. The average Bonchev–Trinajstić information content (AvgIpc) is 2.46. The van der Waals surface area contributed by atoms with Crippen LogP contribution >= 0.6 is 11.8 Å². The van der Waals surface area contributed by atoms with Crippen molar-refractivity contribution in [1.82, 2.24) is 10.6 Å². The molecule has 1 aromatic carbocycles. The zero-order chi connectivity index (χ0) is 15.4. The van der Waals surface area contributed by atoms with Crippen LogP contribution in [-0.2, 0) is 5.75 Å². The predicted octanol–water partition coefficient (Wildman–Crippen LogP) is 2.54. The van der Waals surface area contributed by atoms with Crippen LogP contribution in [0.25, 0.3) is 0 Å². The molecule has 0 atom stereocenters. The fraction of sp³-hybridized carbons (Fsp3) is 0.385. The summed E-state index contributed by atoms with van der Waals surface area (Å²) in [5.41, 5.74) is 1.05. The molecule has 0 aromatic heterocycles. The molecule has 0 heterocycles. The van der Waals surface area contributed by atoms with Crippen molar-refractivity contribution in [3.63, 3.8) is 0 Å². The molecule has 20 heavy (non-hydrogen) atoms. The summed E-state index contributed by atoms with van der Waals surface area (Å²) in [5, 5.41) is 12.0. The van der Waals surface area contributed by atoms with Crippen LogP contribution in [0.3, 0.4) is 0 Å². The molecule has 0 saturated heterocycles. The number of benzene rings is 1. The minimum atomic E-state index is -0.995. The maximum Gasteiger partial charge on any atom is 0.412 e. The molecule has 0 aliphatic heterocycles. The van der Waals surface area contributed by atoms with Crippen molar-refractivity contribution in [3.05, 3.63) is 29.8 Å². The molecule has 7 heteroatoms. The largest absolute Gasteiger partial charge is 0.465 e. The molecule has 0 radical (unpaired) electrons. The number of rotatable bonds is 4. The highest BCUT2D eigenvalue weighted by Gasteiger charge is 2.06. The Morgan fingerprint density at radius 3 is 2.35 bits per heavy atom. The summed E-state index contributed by atoms with van der Waals surface area (Å²) < 4.78 is 5.13. The highest BCUT2D eigenvalue weighted by molar-refractivity contribution is 7.98. The van der Waals surface area contributed by atoms with Crippen molar-refractivity contribution in [1.29, 1.82) is 0 Å². The first-order valence-electron chi connectivity index (χ1n) is 6.01. The maximum absolute atomic E-state index is 11.1. The molecule has 6 nitrogen and oxygen atoms in total. The lowest BCUT2D eigenvalue weighted by molar-refractivity contribution is 0.197. The Labute approximate surface area is 122 Å². The third-order valence-electron chi connectivity index (χ3n) is 2.05. The van der Waals surface area contributed by atoms with E-state index in [-0.39, 0.29) is 0 Å². The molecule has 112 valence electrons. The van der Waals surface area contributed by atoms with Crippen LogP contribution in [0.1, 0.15) is 12.5 Å². The third-order valence-corrected chi connectivity index (χ3v) is 2.98. The van der Waals surface area contributed by atoms with Crippen molar-refractivity contribution >= 4 is 23.9 Å². The second-order valence-corrected chi connectivity index (χ2v) is 4.71. The number of hydrogen-bond donors (Lipinski definition) is 3. The van der Waals surface area contributed by atoms with Gasteiger partial charge in [0.15, 0.2) is 0 Å². The number of para-hydroxylation sites is 1. The molecular weight excluding hydrogens is 280 g/mol.